The molecule has 3 heterocycles. The summed E-state index contributed by atoms with van der Waals surface area (Å²) in [5, 5.41) is 17.5. The van der Waals surface area contributed by atoms with E-state index in [1.54, 1.807) is 36.0 Å². The molecule has 2 saturated heterocycles. The quantitative estimate of drug-likeness (QED) is 0.405. The van der Waals surface area contributed by atoms with Gasteiger partial charge in [-0.3, -0.25) is 29.8 Å². The lowest BCUT2D eigenvalue weighted by Crippen LogP contribution is -2.53. The van der Waals surface area contributed by atoms with Crippen LogP contribution in [0.3, 0.4) is 0 Å². The van der Waals surface area contributed by atoms with Gasteiger partial charge in [0.1, 0.15) is 5.54 Å². The lowest BCUT2D eigenvalue weighted by molar-refractivity contribution is -0.384. The first-order valence-corrected chi connectivity index (χ1v) is 11.6. The molecule has 1 spiro atoms. The molecular formula is C22H20N4O5S. The van der Waals surface area contributed by atoms with Crippen molar-refractivity contribution in [1.29, 1.82) is 0 Å². The Balaban J connectivity index is 1.64. The van der Waals surface area contributed by atoms with Gasteiger partial charge in [-0.25, -0.2) is 4.90 Å². The van der Waals surface area contributed by atoms with E-state index in [0.717, 1.165) is 10.7 Å². The molecule has 164 valence electrons. The van der Waals surface area contributed by atoms with Crippen molar-refractivity contribution < 1.29 is 19.3 Å². The zero-order chi connectivity index (χ0) is 22.6. The number of hydrogen-bond donors (Lipinski definition) is 2. The van der Waals surface area contributed by atoms with Crippen LogP contribution in [0.25, 0.3) is 0 Å². The molecule has 32 heavy (non-hydrogen) atoms. The Bertz CT molecular complexity index is 1170. The normalized spacial score (nSPS) is 28.2. The van der Waals surface area contributed by atoms with Crippen LogP contribution in [0.4, 0.5) is 17.1 Å². The van der Waals surface area contributed by atoms with Crippen LogP contribution >= 0.6 is 11.8 Å². The maximum atomic E-state index is 13.7. The van der Waals surface area contributed by atoms with E-state index in [2.05, 4.69) is 10.6 Å². The van der Waals surface area contributed by atoms with E-state index in [4.69, 9.17) is 0 Å². The van der Waals surface area contributed by atoms with Gasteiger partial charge < -0.3 is 5.32 Å². The number of hydrogen-bond acceptors (Lipinski definition) is 7. The number of carbonyl (C=O) groups excluding carboxylic acids is 3. The second-order valence-electron chi connectivity index (χ2n) is 8.13. The van der Waals surface area contributed by atoms with Crippen molar-refractivity contribution in [1.82, 2.24) is 5.32 Å². The van der Waals surface area contributed by atoms with Crippen LogP contribution in [0.15, 0.2) is 48.5 Å². The third kappa shape index (κ3) is 2.72. The van der Waals surface area contributed by atoms with Gasteiger partial charge in [0.15, 0.2) is 0 Å². The number of nitro groups is 1. The first-order chi connectivity index (χ1) is 15.4. The molecule has 2 aromatic carbocycles. The zero-order valence-corrected chi connectivity index (χ0v) is 17.9. The number of para-hydroxylation sites is 1. The van der Waals surface area contributed by atoms with Gasteiger partial charge in [-0.05, 0) is 30.6 Å². The summed E-state index contributed by atoms with van der Waals surface area (Å²) >= 11 is 1.62. The maximum absolute atomic E-state index is 13.7. The molecule has 3 aliphatic rings. The Hall–Kier alpha value is -3.24. The number of thioether (sulfide) groups is 1. The van der Waals surface area contributed by atoms with Crippen LogP contribution in [0.2, 0.25) is 0 Å². The number of nitro benzene ring substituents is 1. The van der Waals surface area contributed by atoms with Crippen molar-refractivity contribution in [3.63, 3.8) is 0 Å². The molecule has 0 bridgehead atoms. The molecule has 0 radical (unpaired) electrons. The number of fused-ring (bicyclic) bond motifs is 4. The number of rotatable bonds is 5. The Morgan fingerprint density at radius 1 is 1.12 bits per heavy atom. The monoisotopic (exact) mass is 452 g/mol. The zero-order valence-electron chi connectivity index (χ0n) is 17.1. The number of benzene rings is 2. The van der Waals surface area contributed by atoms with Crippen molar-refractivity contribution >= 4 is 46.5 Å². The highest BCUT2D eigenvalue weighted by Gasteiger charge is 2.70. The van der Waals surface area contributed by atoms with E-state index in [1.807, 2.05) is 6.26 Å². The van der Waals surface area contributed by atoms with Gasteiger partial charge in [-0.2, -0.15) is 11.8 Å². The average molecular weight is 452 g/mol. The van der Waals surface area contributed by atoms with Crippen molar-refractivity contribution in [2.75, 3.05) is 22.2 Å². The standard InChI is InChI=1S/C22H20N4O5S/c1-32-10-9-16-17-18(22(24-16)14-7-2-3-8-15(14)23-21(22)29)20(28)25(19(17)27)12-5-4-6-13(11-12)26(30)31/h2-8,11,16-18,24H,9-10H2,1H3,(H,23,29). The van der Waals surface area contributed by atoms with Crippen LogP contribution in [0.5, 0.6) is 0 Å². The molecule has 5 rings (SSSR count). The Labute approximate surface area is 187 Å². The summed E-state index contributed by atoms with van der Waals surface area (Å²) in [6, 6.07) is 12.2. The molecule has 4 unspecified atom stereocenters. The number of anilines is 2. The average Bonchev–Trinajstić information content (AvgIpc) is 3.37. The Morgan fingerprint density at radius 2 is 1.91 bits per heavy atom. The topological polar surface area (TPSA) is 122 Å². The number of carbonyl (C=O) groups is 3. The summed E-state index contributed by atoms with van der Waals surface area (Å²) in [4.78, 5) is 52.3. The molecule has 0 saturated carbocycles. The van der Waals surface area contributed by atoms with Gasteiger partial charge in [0.2, 0.25) is 17.7 Å². The summed E-state index contributed by atoms with van der Waals surface area (Å²) < 4.78 is 0. The molecule has 3 amide bonds. The molecule has 2 aromatic rings. The predicted octanol–water partition coefficient (Wildman–Crippen LogP) is 2.27. The number of nitrogens with zero attached hydrogens (tertiary/aromatic N) is 2. The van der Waals surface area contributed by atoms with Crippen LogP contribution in [0.1, 0.15) is 12.0 Å². The van der Waals surface area contributed by atoms with Gasteiger partial charge in [0, 0.05) is 29.4 Å². The number of amides is 3. The van der Waals surface area contributed by atoms with Crippen LogP contribution in [-0.2, 0) is 19.9 Å². The smallest absolute Gasteiger partial charge is 0.271 e. The molecule has 9 nitrogen and oxygen atoms in total. The van der Waals surface area contributed by atoms with E-state index in [0.29, 0.717) is 17.7 Å². The SMILES string of the molecule is CSCCC1NC2(C(=O)Nc3ccccc32)C2C(=O)N(c3cccc([N+](=O)[O-])c3)C(=O)C12. The first-order valence-electron chi connectivity index (χ1n) is 10.2. The maximum Gasteiger partial charge on any atom is 0.271 e. The fourth-order valence-electron chi connectivity index (χ4n) is 5.25. The lowest BCUT2D eigenvalue weighted by Gasteiger charge is -2.29. The van der Waals surface area contributed by atoms with E-state index < -0.39 is 34.1 Å². The first kappa shape index (κ1) is 20.7. The summed E-state index contributed by atoms with van der Waals surface area (Å²) in [7, 11) is 0. The van der Waals surface area contributed by atoms with Crippen molar-refractivity contribution in [2.24, 2.45) is 11.8 Å². The largest absolute Gasteiger partial charge is 0.324 e. The second kappa shape index (κ2) is 7.42. The van der Waals surface area contributed by atoms with Gasteiger partial charge in [0.05, 0.1) is 22.4 Å². The fraction of sp³-hybridized carbons (Fsp3) is 0.318. The molecule has 2 fully saturated rings. The summed E-state index contributed by atoms with van der Waals surface area (Å²) in [6.07, 6.45) is 2.55. The van der Waals surface area contributed by atoms with Crippen molar-refractivity contribution in [3.05, 3.63) is 64.2 Å². The molecule has 4 atom stereocenters. The Kier molecular flexibility index (Phi) is 4.79. The lowest BCUT2D eigenvalue weighted by atomic mass is 9.76. The molecule has 10 heteroatoms. The van der Waals surface area contributed by atoms with E-state index in [1.165, 1.54) is 24.3 Å². The summed E-state index contributed by atoms with van der Waals surface area (Å²) in [6.45, 7) is 0. The molecule has 0 aromatic heterocycles. The molecule has 0 aliphatic carbocycles. The van der Waals surface area contributed by atoms with E-state index in [-0.39, 0.29) is 23.3 Å². The van der Waals surface area contributed by atoms with Crippen molar-refractivity contribution in [3.8, 4) is 0 Å². The minimum atomic E-state index is -1.35. The van der Waals surface area contributed by atoms with Gasteiger partial charge in [-0.15, -0.1) is 0 Å². The number of non-ortho nitro benzene ring substituents is 1. The molecule has 3 aliphatic heterocycles. The van der Waals surface area contributed by atoms with Crippen LogP contribution in [0, 0.1) is 22.0 Å². The minimum absolute atomic E-state index is 0.147. The highest BCUT2D eigenvalue weighted by atomic mass is 32.2. The van der Waals surface area contributed by atoms with Crippen molar-refractivity contribution in [2.45, 2.75) is 18.0 Å². The van der Waals surface area contributed by atoms with E-state index in [9.17, 15) is 24.5 Å². The van der Waals surface area contributed by atoms with Crippen LogP contribution < -0.4 is 15.5 Å². The Morgan fingerprint density at radius 3 is 2.66 bits per heavy atom. The second-order valence-corrected chi connectivity index (χ2v) is 9.12. The predicted molar refractivity (Wildman–Crippen MR) is 119 cm³/mol. The van der Waals surface area contributed by atoms with Crippen LogP contribution in [-0.4, -0.2) is 40.7 Å². The summed E-state index contributed by atoms with van der Waals surface area (Å²) in [5.74, 6) is -2.25. The highest BCUT2D eigenvalue weighted by molar-refractivity contribution is 7.98. The fourth-order valence-corrected chi connectivity index (χ4v) is 5.74. The van der Waals surface area contributed by atoms with E-state index >= 15 is 0 Å². The molecule has 2 N–H and O–H groups in total. The number of nitrogens with one attached hydrogen (secondary N) is 2. The summed E-state index contributed by atoms with van der Waals surface area (Å²) in [5.41, 5.74) is -0.158. The minimum Gasteiger partial charge on any atom is -0.324 e. The van der Waals surface area contributed by atoms with Gasteiger partial charge in [-0.1, -0.05) is 24.3 Å². The highest BCUT2D eigenvalue weighted by Crippen LogP contribution is 2.54. The third-order valence-corrected chi connectivity index (χ3v) is 7.20. The van der Waals surface area contributed by atoms with Gasteiger partial charge >= 0.3 is 0 Å². The van der Waals surface area contributed by atoms with Gasteiger partial charge in [0.25, 0.3) is 5.69 Å². The number of imide groups is 1. The third-order valence-electron chi connectivity index (χ3n) is 6.55. The molecular weight excluding hydrogens is 432 g/mol.